The number of carbonyl (C=O) groups excluding carboxylic acids is 1. The number of hydrogen-bond donors (Lipinski definition) is 0. The second-order valence-electron chi connectivity index (χ2n) is 4.04. The van der Waals surface area contributed by atoms with Gasteiger partial charge >= 0.3 is 0 Å². The fourth-order valence-corrected chi connectivity index (χ4v) is 1.92. The zero-order chi connectivity index (χ0) is 10.2. The van der Waals surface area contributed by atoms with Crippen LogP contribution in [0.15, 0.2) is 0 Å². The Bertz CT molecular complexity index is 125. The third-order valence-corrected chi connectivity index (χ3v) is 3.33. The normalized spacial score (nSPS) is 11.6. The number of hydrogen-bond acceptors (Lipinski definition) is 1. The fourth-order valence-electron chi connectivity index (χ4n) is 1.92. The molecule has 0 unspecified atom stereocenters. The van der Waals surface area contributed by atoms with Gasteiger partial charge in [-0.3, -0.25) is 0 Å². The van der Waals surface area contributed by atoms with Crippen LogP contribution in [0.4, 0.5) is 0 Å². The van der Waals surface area contributed by atoms with Gasteiger partial charge in [0.15, 0.2) is 0 Å². The average Bonchev–Trinajstić information content (AvgIpc) is 2.17. The number of carbonyl (C=O) groups is 1. The summed E-state index contributed by atoms with van der Waals surface area (Å²) in [7, 11) is 0. The first-order valence-corrected chi connectivity index (χ1v) is 5.68. The van der Waals surface area contributed by atoms with Crippen molar-refractivity contribution in [2.75, 3.05) is 0 Å². The Labute approximate surface area is 82.9 Å². The SMILES string of the molecule is CCCCCC(CC)(CC)CC=O. The summed E-state index contributed by atoms with van der Waals surface area (Å²) in [4.78, 5) is 10.6. The van der Waals surface area contributed by atoms with Crippen molar-refractivity contribution >= 4 is 6.29 Å². The summed E-state index contributed by atoms with van der Waals surface area (Å²) in [5, 5.41) is 0. The van der Waals surface area contributed by atoms with Crippen molar-refractivity contribution in [2.45, 2.75) is 65.7 Å². The van der Waals surface area contributed by atoms with E-state index in [1.54, 1.807) is 0 Å². The van der Waals surface area contributed by atoms with E-state index >= 15 is 0 Å². The third kappa shape index (κ3) is 4.44. The minimum atomic E-state index is 0.316. The molecule has 0 aromatic rings. The van der Waals surface area contributed by atoms with Crippen LogP contribution in [-0.4, -0.2) is 6.29 Å². The van der Waals surface area contributed by atoms with Gasteiger partial charge in [-0.25, -0.2) is 0 Å². The first kappa shape index (κ1) is 12.7. The van der Waals surface area contributed by atoms with Gasteiger partial charge in [-0.2, -0.15) is 0 Å². The van der Waals surface area contributed by atoms with Crippen LogP contribution in [0, 0.1) is 5.41 Å². The van der Waals surface area contributed by atoms with Crippen LogP contribution < -0.4 is 0 Å². The van der Waals surface area contributed by atoms with E-state index < -0.39 is 0 Å². The van der Waals surface area contributed by atoms with E-state index in [0.717, 1.165) is 25.5 Å². The lowest BCUT2D eigenvalue weighted by atomic mass is 9.75. The highest BCUT2D eigenvalue weighted by Gasteiger charge is 2.24. The molecule has 0 rings (SSSR count). The number of rotatable bonds is 8. The molecule has 0 aliphatic rings. The van der Waals surface area contributed by atoms with Crippen molar-refractivity contribution in [2.24, 2.45) is 5.41 Å². The van der Waals surface area contributed by atoms with Crippen LogP contribution in [0.2, 0.25) is 0 Å². The summed E-state index contributed by atoms with van der Waals surface area (Å²) in [6.07, 6.45) is 9.23. The third-order valence-electron chi connectivity index (χ3n) is 3.33. The van der Waals surface area contributed by atoms with E-state index in [0.29, 0.717) is 5.41 Å². The van der Waals surface area contributed by atoms with Crippen LogP contribution in [0.1, 0.15) is 65.7 Å². The predicted octanol–water partition coefficient (Wildman–Crippen LogP) is 3.96. The highest BCUT2D eigenvalue weighted by atomic mass is 16.1. The lowest BCUT2D eigenvalue weighted by Crippen LogP contribution is -2.19. The Morgan fingerprint density at radius 2 is 1.69 bits per heavy atom. The predicted molar refractivity (Wildman–Crippen MR) is 57.8 cm³/mol. The molecule has 78 valence electrons. The molecule has 13 heavy (non-hydrogen) atoms. The van der Waals surface area contributed by atoms with Gasteiger partial charge in [-0.1, -0.05) is 52.9 Å². The maximum atomic E-state index is 10.6. The van der Waals surface area contributed by atoms with Gasteiger partial charge in [-0.15, -0.1) is 0 Å². The topological polar surface area (TPSA) is 17.1 Å². The van der Waals surface area contributed by atoms with Gasteiger partial charge in [0, 0.05) is 6.42 Å². The van der Waals surface area contributed by atoms with Crippen molar-refractivity contribution in [1.29, 1.82) is 0 Å². The van der Waals surface area contributed by atoms with Crippen LogP contribution in [0.25, 0.3) is 0 Å². The minimum Gasteiger partial charge on any atom is -0.303 e. The quantitative estimate of drug-likeness (QED) is 0.412. The lowest BCUT2D eigenvalue weighted by molar-refractivity contribution is -0.110. The molecule has 1 nitrogen and oxygen atoms in total. The Hall–Kier alpha value is -0.330. The molecule has 0 aliphatic heterocycles. The largest absolute Gasteiger partial charge is 0.303 e. The Morgan fingerprint density at radius 1 is 1.08 bits per heavy atom. The van der Waals surface area contributed by atoms with E-state index in [9.17, 15) is 4.79 Å². The van der Waals surface area contributed by atoms with E-state index in [1.807, 2.05) is 0 Å². The molecule has 0 bridgehead atoms. The molecular formula is C12H24O. The summed E-state index contributed by atoms with van der Waals surface area (Å²) in [6, 6.07) is 0. The summed E-state index contributed by atoms with van der Waals surface area (Å²) < 4.78 is 0. The highest BCUT2D eigenvalue weighted by molar-refractivity contribution is 5.50. The molecular weight excluding hydrogens is 160 g/mol. The molecule has 0 amide bonds. The maximum absolute atomic E-state index is 10.6. The summed E-state index contributed by atoms with van der Waals surface area (Å²) in [6.45, 7) is 6.64. The molecule has 1 heteroatoms. The Balaban J connectivity index is 3.96. The first-order chi connectivity index (χ1) is 6.24. The number of aldehydes is 1. The molecule has 0 spiro atoms. The van der Waals surface area contributed by atoms with Gasteiger partial charge in [0.25, 0.3) is 0 Å². The standard InChI is InChI=1S/C12H24O/c1-4-7-8-9-12(5-2,6-3)10-11-13/h11H,4-10H2,1-3H3. The maximum Gasteiger partial charge on any atom is 0.120 e. The van der Waals surface area contributed by atoms with E-state index in [2.05, 4.69) is 20.8 Å². The van der Waals surface area contributed by atoms with Gasteiger partial charge in [0.05, 0.1) is 0 Å². The zero-order valence-corrected chi connectivity index (χ0v) is 9.44. The van der Waals surface area contributed by atoms with Crippen LogP contribution in [0.3, 0.4) is 0 Å². The van der Waals surface area contributed by atoms with Crippen molar-refractivity contribution in [3.05, 3.63) is 0 Å². The van der Waals surface area contributed by atoms with E-state index in [-0.39, 0.29) is 0 Å². The zero-order valence-electron chi connectivity index (χ0n) is 9.44. The van der Waals surface area contributed by atoms with Gasteiger partial charge in [0.1, 0.15) is 6.29 Å². The van der Waals surface area contributed by atoms with E-state index in [1.165, 1.54) is 25.7 Å². The second kappa shape index (κ2) is 7.11. The summed E-state index contributed by atoms with van der Waals surface area (Å²) >= 11 is 0. The molecule has 0 radical (unpaired) electrons. The average molecular weight is 184 g/mol. The summed E-state index contributed by atoms with van der Waals surface area (Å²) in [5.74, 6) is 0. The minimum absolute atomic E-state index is 0.316. The summed E-state index contributed by atoms with van der Waals surface area (Å²) in [5.41, 5.74) is 0.316. The molecule has 0 aliphatic carbocycles. The lowest BCUT2D eigenvalue weighted by Gasteiger charge is -2.29. The van der Waals surface area contributed by atoms with Gasteiger partial charge in [0.2, 0.25) is 0 Å². The van der Waals surface area contributed by atoms with Crippen LogP contribution in [-0.2, 0) is 4.79 Å². The molecule has 0 saturated carbocycles. The molecule has 0 saturated heterocycles. The van der Waals surface area contributed by atoms with Crippen molar-refractivity contribution < 1.29 is 4.79 Å². The van der Waals surface area contributed by atoms with E-state index in [4.69, 9.17) is 0 Å². The first-order valence-electron chi connectivity index (χ1n) is 5.68. The molecule has 0 heterocycles. The Morgan fingerprint density at radius 3 is 2.08 bits per heavy atom. The fraction of sp³-hybridized carbons (Fsp3) is 0.917. The molecule has 0 N–H and O–H groups in total. The molecule has 0 fully saturated rings. The van der Waals surface area contributed by atoms with Crippen LogP contribution in [0.5, 0.6) is 0 Å². The highest BCUT2D eigenvalue weighted by Crippen LogP contribution is 2.35. The van der Waals surface area contributed by atoms with Crippen molar-refractivity contribution in [3.8, 4) is 0 Å². The monoisotopic (exact) mass is 184 g/mol. The van der Waals surface area contributed by atoms with Gasteiger partial charge in [-0.05, 0) is 11.8 Å². The van der Waals surface area contributed by atoms with Crippen molar-refractivity contribution in [3.63, 3.8) is 0 Å². The molecule has 0 aromatic carbocycles. The van der Waals surface area contributed by atoms with Crippen LogP contribution >= 0.6 is 0 Å². The van der Waals surface area contributed by atoms with Gasteiger partial charge < -0.3 is 4.79 Å². The second-order valence-corrected chi connectivity index (χ2v) is 4.04. The number of unbranched alkanes of at least 4 members (excludes halogenated alkanes) is 2. The smallest absolute Gasteiger partial charge is 0.120 e. The Kier molecular flexibility index (Phi) is 6.93. The van der Waals surface area contributed by atoms with Crippen molar-refractivity contribution in [1.82, 2.24) is 0 Å². The molecule has 0 atom stereocenters. The molecule has 0 aromatic heterocycles.